The second-order valence-electron chi connectivity index (χ2n) is 8.15. The fraction of sp³-hybridized carbons (Fsp3) is 0.571. The molecule has 3 saturated heterocycles. The summed E-state index contributed by atoms with van der Waals surface area (Å²) >= 11 is 0. The van der Waals surface area contributed by atoms with E-state index in [0.717, 1.165) is 30.8 Å². The molecule has 1 N–H and O–H groups in total. The van der Waals surface area contributed by atoms with Gasteiger partial charge in [-0.15, -0.1) is 0 Å². The molecule has 5 rings (SSSR count). The number of benzene rings is 1. The zero-order valence-corrected chi connectivity index (χ0v) is 17.5. The normalized spacial score (nSPS) is 27.2. The third kappa shape index (κ3) is 4.02. The summed E-state index contributed by atoms with van der Waals surface area (Å²) < 4.78 is 28.9. The lowest BCUT2D eigenvalue weighted by atomic mass is 9.74. The maximum absolute atomic E-state index is 12.0. The highest BCUT2D eigenvalue weighted by molar-refractivity contribution is 7.89. The lowest BCUT2D eigenvalue weighted by Gasteiger charge is -2.49. The number of rotatable bonds is 7. The van der Waals surface area contributed by atoms with Crippen molar-refractivity contribution in [3.63, 3.8) is 0 Å². The number of nitrogens with one attached hydrogen (secondary N) is 1. The van der Waals surface area contributed by atoms with Crippen LogP contribution in [0.3, 0.4) is 0 Å². The van der Waals surface area contributed by atoms with Crippen molar-refractivity contribution < 1.29 is 8.42 Å². The first-order valence-electron chi connectivity index (χ1n) is 10.3. The molecule has 4 heterocycles. The Morgan fingerprint density at radius 3 is 2.71 bits per heavy atom. The smallest absolute Gasteiger partial charge is 0.211 e. The highest BCUT2D eigenvalue weighted by Gasteiger charge is 2.42. The molecule has 0 saturated carbocycles. The summed E-state index contributed by atoms with van der Waals surface area (Å²) in [5, 5.41) is 4.75. The quantitative estimate of drug-likeness (QED) is 0.773. The molecule has 1 unspecified atom stereocenters. The molecule has 2 aromatic rings. The second-order valence-corrected chi connectivity index (χ2v) is 10.1. The van der Waals surface area contributed by atoms with E-state index in [-0.39, 0.29) is 5.75 Å². The molecule has 4 atom stereocenters. The number of sulfonamides is 1. The van der Waals surface area contributed by atoms with Crippen LogP contribution in [0, 0.1) is 5.92 Å². The van der Waals surface area contributed by atoms with Gasteiger partial charge in [0, 0.05) is 43.4 Å². The first-order valence-corrected chi connectivity index (χ1v) is 11.9. The number of piperidine rings is 3. The molecule has 2 bridgehead atoms. The van der Waals surface area contributed by atoms with E-state index in [0.29, 0.717) is 30.8 Å². The minimum Gasteiger partial charge on any atom is -0.298 e. The first-order chi connectivity index (χ1) is 13.5. The van der Waals surface area contributed by atoms with Crippen molar-refractivity contribution in [2.75, 3.05) is 25.4 Å². The van der Waals surface area contributed by atoms with Crippen LogP contribution in [0.4, 0.5) is 0 Å². The number of aromatic nitrogens is 2. The largest absolute Gasteiger partial charge is 0.298 e. The van der Waals surface area contributed by atoms with Crippen molar-refractivity contribution in [2.45, 2.75) is 38.1 Å². The number of nitrogens with zero attached hydrogens (tertiary/aromatic N) is 3. The molecule has 0 amide bonds. The minimum absolute atomic E-state index is 0.211. The van der Waals surface area contributed by atoms with Crippen LogP contribution in [0.1, 0.15) is 37.8 Å². The molecule has 152 valence electrons. The maximum Gasteiger partial charge on any atom is 0.211 e. The summed E-state index contributed by atoms with van der Waals surface area (Å²) in [6.07, 6.45) is 2.87. The number of fused-ring (bicyclic) bond motifs is 3. The van der Waals surface area contributed by atoms with Crippen LogP contribution in [-0.2, 0) is 17.1 Å². The zero-order valence-electron chi connectivity index (χ0n) is 16.7. The van der Waals surface area contributed by atoms with Gasteiger partial charge in [-0.3, -0.25) is 9.58 Å². The maximum atomic E-state index is 12.0. The number of hydrogen-bond acceptors (Lipinski definition) is 4. The van der Waals surface area contributed by atoms with Crippen molar-refractivity contribution in [1.82, 2.24) is 19.4 Å². The fourth-order valence-corrected chi connectivity index (χ4v) is 5.96. The Morgan fingerprint density at radius 2 is 2.04 bits per heavy atom. The van der Waals surface area contributed by atoms with Crippen LogP contribution in [0.5, 0.6) is 0 Å². The lowest BCUT2D eigenvalue weighted by Crippen LogP contribution is -2.56. The van der Waals surface area contributed by atoms with E-state index in [4.69, 9.17) is 5.10 Å². The Balaban J connectivity index is 1.46. The Bertz CT molecular complexity index is 910. The van der Waals surface area contributed by atoms with Gasteiger partial charge in [-0.2, -0.15) is 5.10 Å². The summed E-state index contributed by atoms with van der Waals surface area (Å²) in [5.74, 6) is 1.26. The molecule has 0 spiro atoms. The first kappa shape index (κ1) is 19.6. The van der Waals surface area contributed by atoms with Crippen molar-refractivity contribution in [3.05, 3.63) is 42.1 Å². The summed E-state index contributed by atoms with van der Waals surface area (Å²) in [4.78, 5) is 2.47. The van der Waals surface area contributed by atoms with Gasteiger partial charge < -0.3 is 0 Å². The highest BCUT2D eigenvalue weighted by Crippen LogP contribution is 2.42. The summed E-state index contributed by atoms with van der Waals surface area (Å²) in [7, 11) is -1.10. The van der Waals surface area contributed by atoms with E-state index in [2.05, 4.69) is 27.8 Å². The van der Waals surface area contributed by atoms with E-state index in [1.807, 2.05) is 36.9 Å². The second kappa shape index (κ2) is 7.97. The van der Waals surface area contributed by atoms with E-state index in [9.17, 15) is 8.42 Å². The number of hydrogen-bond donors (Lipinski definition) is 1. The van der Waals surface area contributed by atoms with Gasteiger partial charge in [0.2, 0.25) is 10.0 Å². The third-order valence-corrected chi connectivity index (χ3v) is 7.81. The topological polar surface area (TPSA) is 67.2 Å². The molecule has 7 heteroatoms. The fourth-order valence-electron chi connectivity index (χ4n) is 4.83. The number of aryl methyl sites for hydroxylation is 1. The van der Waals surface area contributed by atoms with Crippen LogP contribution in [0.15, 0.2) is 36.4 Å². The predicted octanol–water partition coefficient (Wildman–Crippen LogP) is 2.59. The van der Waals surface area contributed by atoms with Gasteiger partial charge in [-0.05, 0) is 37.8 Å². The SMILES string of the molecule is CCCS(=O)(=O)NC[C@H]1C[C@@H]2CCN1C[C@@H]2c1cc(-c2ccccc2)nn1C. The van der Waals surface area contributed by atoms with E-state index in [1.165, 1.54) is 12.1 Å². The van der Waals surface area contributed by atoms with Gasteiger partial charge in [0.05, 0.1) is 11.4 Å². The Kier molecular flexibility index (Phi) is 5.58. The van der Waals surface area contributed by atoms with Crippen molar-refractivity contribution in [2.24, 2.45) is 13.0 Å². The molecule has 1 aromatic carbocycles. The van der Waals surface area contributed by atoms with Crippen molar-refractivity contribution in [1.29, 1.82) is 0 Å². The third-order valence-electron chi connectivity index (χ3n) is 6.26. The molecule has 3 aliphatic heterocycles. The molecule has 0 radical (unpaired) electrons. The Labute approximate surface area is 168 Å². The Hall–Kier alpha value is -1.70. The standard InChI is InChI=1S/C21H30N4O2S/c1-3-11-28(26,27)22-14-18-12-17-9-10-25(18)15-19(17)21-13-20(23-24(21)2)16-7-5-4-6-8-16/h4-8,13,17-19,22H,3,9-12,14-15H2,1-2H3/t17-,18+,19-/m0/s1. The van der Waals surface area contributed by atoms with E-state index >= 15 is 0 Å². The van der Waals surface area contributed by atoms with Gasteiger partial charge in [0.25, 0.3) is 0 Å². The van der Waals surface area contributed by atoms with Crippen LogP contribution < -0.4 is 4.72 Å². The highest BCUT2D eigenvalue weighted by atomic mass is 32.2. The molecule has 3 aliphatic rings. The van der Waals surface area contributed by atoms with Gasteiger partial charge in [0.1, 0.15) is 0 Å². The minimum atomic E-state index is -3.14. The molecule has 6 nitrogen and oxygen atoms in total. The van der Waals surface area contributed by atoms with Gasteiger partial charge in [0.15, 0.2) is 0 Å². The molecule has 3 fully saturated rings. The van der Waals surface area contributed by atoms with E-state index < -0.39 is 10.0 Å². The van der Waals surface area contributed by atoms with Gasteiger partial charge in [-0.25, -0.2) is 13.1 Å². The van der Waals surface area contributed by atoms with Crippen molar-refractivity contribution in [3.8, 4) is 11.3 Å². The lowest BCUT2D eigenvalue weighted by molar-refractivity contribution is 0.0306. The van der Waals surface area contributed by atoms with Crippen LogP contribution in [-0.4, -0.2) is 54.5 Å². The monoisotopic (exact) mass is 402 g/mol. The molecule has 0 aliphatic carbocycles. The predicted molar refractivity (Wildman–Crippen MR) is 112 cm³/mol. The molecule has 1 aromatic heterocycles. The van der Waals surface area contributed by atoms with Crippen LogP contribution >= 0.6 is 0 Å². The van der Waals surface area contributed by atoms with Crippen LogP contribution in [0.2, 0.25) is 0 Å². The van der Waals surface area contributed by atoms with Gasteiger partial charge >= 0.3 is 0 Å². The van der Waals surface area contributed by atoms with Gasteiger partial charge in [-0.1, -0.05) is 37.3 Å². The molecular weight excluding hydrogens is 372 g/mol. The average molecular weight is 403 g/mol. The Morgan fingerprint density at radius 1 is 1.25 bits per heavy atom. The van der Waals surface area contributed by atoms with Crippen LogP contribution in [0.25, 0.3) is 11.3 Å². The molecular formula is C21H30N4O2S. The summed E-state index contributed by atoms with van der Waals surface area (Å²) in [6.45, 7) is 4.48. The van der Waals surface area contributed by atoms with Crippen molar-refractivity contribution >= 4 is 10.0 Å². The van der Waals surface area contributed by atoms with E-state index in [1.54, 1.807) is 0 Å². The zero-order chi connectivity index (χ0) is 19.7. The summed E-state index contributed by atoms with van der Waals surface area (Å²) in [5.41, 5.74) is 3.46. The summed E-state index contributed by atoms with van der Waals surface area (Å²) in [6, 6.07) is 12.9. The average Bonchev–Trinajstić information content (AvgIpc) is 3.09. The molecule has 28 heavy (non-hydrogen) atoms.